The van der Waals surface area contributed by atoms with Gasteiger partial charge >= 0.3 is 0 Å². The Morgan fingerprint density at radius 2 is 2.44 bits per heavy atom. The molecule has 18 heavy (non-hydrogen) atoms. The van der Waals surface area contributed by atoms with Crippen molar-refractivity contribution in [3.8, 4) is 0 Å². The first-order valence-electron chi connectivity index (χ1n) is 5.85. The molecule has 0 saturated carbocycles. The van der Waals surface area contributed by atoms with Gasteiger partial charge in [0.05, 0.1) is 12.3 Å². The first-order chi connectivity index (χ1) is 8.72. The average Bonchev–Trinajstić information content (AvgIpc) is 2.96. The Kier molecular flexibility index (Phi) is 2.67. The smallest absolute Gasteiger partial charge is 0.284 e. The molecule has 0 aliphatic carbocycles. The van der Waals surface area contributed by atoms with Crippen molar-refractivity contribution in [1.82, 2.24) is 19.9 Å². The molecule has 3 N–H and O–H groups in total. The van der Waals surface area contributed by atoms with Gasteiger partial charge in [0.1, 0.15) is 11.3 Å². The maximum atomic E-state index is 11.0. The maximum absolute atomic E-state index is 11.0. The summed E-state index contributed by atoms with van der Waals surface area (Å²) in [6, 6.07) is 0. The lowest BCUT2D eigenvalue weighted by atomic mass is 10.2. The molecule has 1 unspecified atom stereocenters. The zero-order valence-electron chi connectivity index (χ0n) is 9.72. The van der Waals surface area contributed by atoms with E-state index in [2.05, 4.69) is 19.9 Å². The number of aromatic amines is 1. The number of primary amides is 1. The van der Waals surface area contributed by atoms with Crippen LogP contribution in [0.4, 0.5) is 0 Å². The summed E-state index contributed by atoms with van der Waals surface area (Å²) in [5.41, 5.74) is 6.22. The number of fused-ring (bicyclic) bond motifs is 1. The van der Waals surface area contributed by atoms with Crippen molar-refractivity contribution in [1.29, 1.82) is 0 Å². The van der Waals surface area contributed by atoms with Crippen LogP contribution in [0.3, 0.4) is 0 Å². The van der Waals surface area contributed by atoms with E-state index in [4.69, 9.17) is 10.5 Å². The van der Waals surface area contributed by atoms with Crippen molar-refractivity contribution in [2.45, 2.75) is 25.4 Å². The summed E-state index contributed by atoms with van der Waals surface area (Å²) in [4.78, 5) is 26.3. The number of carbonyl (C=O) groups is 1. The van der Waals surface area contributed by atoms with E-state index in [1.807, 2.05) is 0 Å². The van der Waals surface area contributed by atoms with E-state index < -0.39 is 5.91 Å². The van der Waals surface area contributed by atoms with Gasteiger partial charge < -0.3 is 15.5 Å². The monoisotopic (exact) mass is 247 g/mol. The number of nitrogens with two attached hydrogens (primary N) is 1. The Labute approximate surface area is 103 Å². The van der Waals surface area contributed by atoms with Gasteiger partial charge in [-0.05, 0) is 12.8 Å². The summed E-state index contributed by atoms with van der Waals surface area (Å²) in [6.07, 6.45) is 4.60. The molecule has 1 aliphatic heterocycles. The van der Waals surface area contributed by atoms with E-state index in [1.165, 1.54) is 0 Å². The van der Waals surface area contributed by atoms with E-state index in [-0.39, 0.29) is 11.9 Å². The van der Waals surface area contributed by atoms with Crippen LogP contribution in [0.2, 0.25) is 0 Å². The number of imidazole rings is 1. The molecule has 1 atom stereocenters. The second-order valence-electron chi connectivity index (χ2n) is 4.31. The maximum Gasteiger partial charge on any atom is 0.284 e. The van der Waals surface area contributed by atoms with Gasteiger partial charge in [0.2, 0.25) is 0 Å². The van der Waals surface area contributed by atoms with Gasteiger partial charge in [-0.2, -0.15) is 0 Å². The highest BCUT2D eigenvalue weighted by Crippen LogP contribution is 2.16. The van der Waals surface area contributed by atoms with Crippen molar-refractivity contribution < 1.29 is 9.53 Å². The Bertz CT molecular complexity index is 588. The molecule has 0 radical (unpaired) electrons. The second kappa shape index (κ2) is 4.34. The molecule has 1 saturated heterocycles. The standard InChI is InChI=1S/C11H13N5O2/c12-9(17)11-14-7-5-13-8(15-10(7)16-11)4-6-2-1-3-18-6/h5-6H,1-4H2,(H2,12,17)(H,13,14,15,16). The van der Waals surface area contributed by atoms with E-state index in [0.717, 1.165) is 19.4 Å². The Morgan fingerprint density at radius 3 is 3.17 bits per heavy atom. The second-order valence-corrected chi connectivity index (χ2v) is 4.31. The van der Waals surface area contributed by atoms with Crippen LogP contribution in [-0.2, 0) is 11.2 Å². The van der Waals surface area contributed by atoms with Crippen molar-refractivity contribution in [3.63, 3.8) is 0 Å². The van der Waals surface area contributed by atoms with Crippen LogP contribution in [-0.4, -0.2) is 38.6 Å². The number of ether oxygens (including phenoxy) is 1. The third kappa shape index (κ3) is 2.04. The number of aromatic nitrogens is 4. The summed E-state index contributed by atoms with van der Waals surface area (Å²) >= 11 is 0. The molecular formula is C11H13N5O2. The molecule has 94 valence electrons. The zero-order valence-corrected chi connectivity index (χ0v) is 9.72. The number of carbonyl (C=O) groups excluding carboxylic acids is 1. The summed E-state index contributed by atoms with van der Waals surface area (Å²) in [5.74, 6) is 0.180. The van der Waals surface area contributed by atoms with E-state index in [9.17, 15) is 4.79 Å². The molecule has 2 aromatic heterocycles. The number of nitrogens with zero attached hydrogens (tertiary/aromatic N) is 3. The fourth-order valence-corrected chi connectivity index (χ4v) is 2.07. The number of amides is 1. The minimum Gasteiger partial charge on any atom is -0.378 e. The SMILES string of the molecule is NC(=O)c1nc2nc(CC3CCCO3)ncc2[nH]1. The predicted octanol–water partition coefficient (Wildman–Crippen LogP) is 0.173. The largest absolute Gasteiger partial charge is 0.378 e. The van der Waals surface area contributed by atoms with Gasteiger partial charge in [0.15, 0.2) is 11.5 Å². The van der Waals surface area contributed by atoms with Crippen LogP contribution >= 0.6 is 0 Å². The molecule has 1 amide bonds. The van der Waals surface area contributed by atoms with E-state index >= 15 is 0 Å². The van der Waals surface area contributed by atoms with Crippen LogP contribution in [0.15, 0.2) is 6.20 Å². The fourth-order valence-electron chi connectivity index (χ4n) is 2.07. The highest BCUT2D eigenvalue weighted by atomic mass is 16.5. The van der Waals surface area contributed by atoms with Crippen molar-refractivity contribution in [2.24, 2.45) is 5.73 Å². The van der Waals surface area contributed by atoms with Gasteiger partial charge in [0, 0.05) is 13.0 Å². The molecule has 3 rings (SSSR count). The summed E-state index contributed by atoms with van der Waals surface area (Å²) in [5, 5.41) is 0. The van der Waals surface area contributed by atoms with Gasteiger partial charge in [-0.15, -0.1) is 0 Å². The van der Waals surface area contributed by atoms with Crippen molar-refractivity contribution in [3.05, 3.63) is 17.8 Å². The van der Waals surface area contributed by atoms with Crippen molar-refractivity contribution in [2.75, 3.05) is 6.61 Å². The lowest BCUT2D eigenvalue weighted by Crippen LogP contribution is -2.12. The van der Waals surface area contributed by atoms with Crippen LogP contribution in [0, 0.1) is 0 Å². The Hall–Kier alpha value is -2.02. The van der Waals surface area contributed by atoms with Crippen LogP contribution < -0.4 is 5.73 Å². The fraction of sp³-hybridized carbons (Fsp3) is 0.455. The van der Waals surface area contributed by atoms with Crippen molar-refractivity contribution >= 4 is 17.1 Å². The van der Waals surface area contributed by atoms with Gasteiger partial charge in [-0.1, -0.05) is 0 Å². The minimum absolute atomic E-state index is 0.105. The molecule has 7 heteroatoms. The molecule has 7 nitrogen and oxygen atoms in total. The first kappa shape index (κ1) is 11.1. The molecule has 1 aliphatic rings. The predicted molar refractivity (Wildman–Crippen MR) is 62.9 cm³/mol. The highest BCUT2D eigenvalue weighted by molar-refractivity contribution is 5.92. The normalized spacial score (nSPS) is 19.4. The third-order valence-electron chi connectivity index (χ3n) is 2.96. The topological polar surface area (TPSA) is 107 Å². The summed E-state index contributed by atoms with van der Waals surface area (Å²) < 4.78 is 5.53. The zero-order chi connectivity index (χ0) is 12.5. The molecule has 3 heterocycles. The van der Waals surface area contributed by atoms with E-state index in [0.29, 0.717) is 23.4 Å². The minimum atomic E-state index is -0.603. The average molecular weight is 247 g/mol. The van der Waals surface area contributed by atoms with Crippen LogP contribution in [0.5, 0.6) is 0 Å². The number of H-pyrrole nitrogens is 1. The quantitative estimate of drug-likeness (QED) is 0.804. The summed E-state index contributed by atoms with van der Waals surface area (Å²) in [7, 11) is 0. The van der Waals surface area contributed by atoms with Gasteiger partial charge in [0.25, 0.3) is 5.91 Å². The van der Waals surface area contributed by atoms with Gasteiger partial charge in [-0.3, -0.25) is 4.79 Å². The Morgan fingerprint density at radius 1 is 1.56 bits per heavy atom. The van der Waals surface area contributed by atoms with Gasteiger partial charge in [-0.25, -0.2) is 15.0 Å². The molecule has 0 bridgehead atoms. The molecule has 0 aromatic carbocycles. The molecule has 2 aromatic rings. The van der Waals surface area contributed by atoms with Crippen LogP contribution in [0.1, 0.15) is 29.3 Å². The number of nitrogens with one attached hydrogen (secondary N) is 1. The number of hydrogen-bond donors (Lipinski definition) is 2. The first-order valence-corrected chi connectivity index (χ1v) is 5.85. The number of rotatable bonds is 3. The highest BCUT2D eigenvalue weighted by Gasteiger charge is 2.18. The molecule has 1 fully saturated rings. The lowest BCUT2D eigenvalue weighted by Gasteiger charge is -2.06. The lowest BCUT2D eigenvalue weighted by molar-refractivity contribution is 0.0991. The van der Waals surface area contributed by atoms with Crippen LogP contribution in [0.25, 0.3) is 11.2 Å². The molecular weight excluding hydrogens is 234 g/mol. The molecule has 0 spiro atoms. The Balaban J connectivity index is 1.87. The number of hydrogen-bond acceptors (Lipinski definition) is 5. The van der Waals surface area contributed by atoms with E-state index in [1.54, 1.807) is 6.20 Å². The third-order valence-corrected chi connectivity index (χ3v) is 2.96. The summed E-state index contributed by atoms with van der Waals surface area (Å²) in [6.45, 7) is 0.807.